The lowest BCUT2D eigenvalue weighted by Crippen LogP contribution is -2.13. The van der Waals surface area contributed by atoms with Gasteiger partial charge in [-0.1, -0.05) is 11.8 Å². The average molecular weight is 353 g/mol. The maximum Gasteiger partial charge on any atom is 0.180 e. The molecule has 0 saturated heterocycles. The van der Waals surface area contributed by atoms with Crippen LogP contribution in [0.25, 0.3) is 0 Å². The van der Waals surface area contributed by atoms with Crippen molar-refractivity contribution in [3.63, 3.8) is 0 Å². The summed E-state index contributed by atoms with van der Waals surface area (Å²) in [4.78, 5) is 5.43. The van der Waals surface area contributed by atoms with Crippen molar-refractivity contribution < 1.29 is 9.47 Å². The standard InChI is InChI=1S/C19H19N3O2S/c1-12(2)23-17-9-14(10-20)19(25-15-5-7-22-8-6-15)16(11-21)18(17)24-13(3)4/h5-9,12-13H,1-4H3. The van der Waals surface area contributed by atoms with Gasteiger partial charge in [0, 0.05) is 23.4 Å². The van der Waals surface area contributed by atoms with E-state index in [1.165, 1.54) is 11.8 Å². The first-order chi connectivity index (χ1) is 12.0. The molecule has 0 saturated carbocycles. The Morgan fingerprint density at radius 1 is 1.00 bits per heavy atom. The monoisotopic (exact) mass is 353 g/mol. The summed E-state index contributed by atoms with van der Waals surface area (Å²) < 4.78 is 11.7. The van der Waals surface area contributed by atoms with Crippen molar-refractivity contribution in [2.24, 2.45) is 0 Å². The highest BCUT2D eigenvalue weighted by molar-refractivity contribution is 7.99. The van der Waals surface area contributed by atoms with E-state index in [1.54, 1.807) is 18.5 Å². The topological polar surface area (TPSA) is 78.9 Å². The van der Waals surface area contributed by atoms with Crippen molar-refractivity contribution in [2.75, 3.05) is 0 Å². The first kappa shape index (κ1) is 18.6. The largest absolute Gasteiger partial charge is 0.487 e. The molecule has 0 spiro atoms. The fraction of sp³-hybridized carbons (Fsp3) is 0.316. The molecule has 0 fully saturated rings. The number of hydrogen-bond donors (Lipinski definition) is 0. The third kappa shape index (κ3) is 4.65. The van der Waals surface area contributed by atoms with Crippen LogP contribution in [0.2, 0.25) is 0 Å². The molecular formula is C19H19N3O2S. The summed E-state index contributed by atoms with van der Waals surface area (Å²) in [5, 5.41) is 19.3. The van der Waals surface area contributed by atoms with E-state index >= 15 is 0 Å². The minimum Gasteiger partial charge on any atom is -0.487 e. The van der Waals surface area contributed by atoms with Crippen LogP contribution < -0.4 is 9.47 Å². The Labute approximate surface area is 152 Å². The molecule has 0 aliphatic carbocycles. The zero-order valence-corrected chi connectivity index (χ0v) is 15.4. The Morgan fingerprint density at radius 3 is 2.16 bits per heavy atom. The summed E-state index contributed by atoms with van der Waals surface area (Å²) in [6.07, 6.45) is 3.10. The van der Waals surface area contributed by atoms with Crippen LogP contribution in [0, 0.1) is 22.7 Å². The van der Waals surface area contributed by atoms with Crippen LogP contribution in [0.1, 0.15) is 38.8 Å². The fourth-order valence-electron chi connectivity index (χ4n) is 2.13. The van der Waals surface area contributed by atoms with Gasteiger partial charge in [0.2, 0.25) is 0 Å². The van der Waals surface area contributed by atoms with Crippen LogP contribution in [0.3, 0.4) is 0 Å². The molecular weight excluding hydrogens is 334 g/mol. The van der Waals surface area contributed by atoms with E-state index in [4.69, 9.17) is 9.47 Å². The van der Waals surface area contributed by atoms with E-state index in [2.05, 4.69) is 17.1 Å². The van der Waals surface area contributed by atoms with E-state index in [0.29, 0.717) is 27.5 Å². The van der Waals surface area contributed by atoms with Crippen molar-refractivity contribution in [2.45, 2.75) is 49.7 Å². The van der Waals surface area contributed by atoms with Crippen LogP contribution in [0.15, 0.2) is 40.4 Å². The summed E-state index contributed by atoms with van der Waals surface area (Å²) in [6.45, 7) is 7.54. The van der Waals surface area contributed by atoms with Crippen molar-refractivity contribution in [3.8, 4) is 23.6 Å². The number of aromatic nitrogens is 1. The van der Waals surface area contributed by atoms with Gasteiger partial charge >= 0.3 is 0 Å². The number of rotatable bonds is 6. The molecule has 0 amide bonds. The molecule has 2 aromatic rings. The fourth-order valence-corrected chi connectivity index (χ4v) is 3.08. The van der Waals surface area contributed by atoms with Crippen LogP contribution in [0.4, 0.5) is 0 Å². The van der Waals surface area contributed by atoms with Gasteiger partial charge in [-0.05, 0) is 39.8 Å². The molecule has 25 heavy (non-hydrogen) atoms. The zero-order chi connectivity index (χ0) is 18.4. The molecule has 0 N–H and O–H groups in total. The molecule has 6 heteroatoms. The Bertz CT molecular complexity index is 821. The van der Waals surface area contributed by atoms with Gasteiger partial charge < -0.3 is 9.47 Å². The van der Waals surface area contributed by atoms with Gasteiger partial charge in [-0.2, -0.15) is 10.5 Å². The van der Waals surface area contributed by atoms with Crippen molar-refractivity contribution in [3.05, 3.63) is 41.7 Å². The number of hydrogen-bond acceptors (Lipinski definition) is 6. The summed E-state index contributed by atoms with van der Waals surface area (Å²) in [5.74, 6) is 0.789. The van der Waals surface area contributed by atoms with Gasteiger partial charge in [0.25, 0.3) is 0 Å². The van der Waals surface area contributed by atoms with E-state index in [9.17, 15) is 10.5 Å². The first-order valence-corrected chi connectivity index (χ1v) is 8.70. The smallest absolute Gasteiger partial charge is 0.180 e. The minimum absolute atomic E-state index is 0.105. The Morgan fingerprint density at radius 2 is 1.64 bits per heavy atom. The number of nitriles is 2. The molecule has 0 radical (unpaired) electrons. The summed E-state index contributed by atoms with van der Waals surface area (Å²) >= 11 is 1.34. The van der Waals surface area contributed by atoms with Crippen LogP contribution in [0.5, 0.6) is 11.5 Å². The SMILES string of the molecule is CC(C)Oc1cc(C#N)c(Sc2ccncc2)c(C#N)c1OC(C)C. The molecule has 0 unspecified atom stereocenters. The van der Waals surface area contributed by atoms with E-state index in [1.807, 2.05) is 39.8 Å². The summed E-state index contributed by atoms with van der Waals surface area (Å²) in [5.41, 5.74) is 0.690. The lowest BCUT2D eigenvalue weighted by molar-refractivity contribution is 0.197. The van der Waals surface area contributed by atoms with Crippen molar-refractivity contribution in [1.29, 1.82) is 10.5 Å². The molecule has 0 aliphatic heterocycles. The van der Waals surface area contributed by atoms with Crippen molar-refractivity contribution in [1.82, 2.24) is 4.98 Å². The highest BCUT2D eigenvalue weighted by Gasteiger charge is 2.23. The summed E-state index contributed by atoms with van der Waals surface area (Å²) in [6, 6.07) is 9.64. The number of benzene rings is 1. The second-order valence-corrected chi connectivity index (χ2v) is 6.88. The third-order valence-corrected chi connectivity index (χ3v) is 4.15. The average Bonchev–Trinajstić information content (AvgIpc) is 2.57. The molecule has 0 aliphatic rings. The second-order valence-electron chi connectivity index (χ2n) is 5.80. The minimum atomic E-state index is -0.131. The lowest BCUT2D eigenvalue weighted by atomic mass is 10.1. The van der Waals surface area contributed by atoms with Gasteiger partial charge in [0.05, 0.1) is 22.7 Å². The highest BCUT2D eigenvalue weighted by atomic mass is 32.2. The molecule has 0 bridgehead atoms. The number of nitrogens with zero attached hydrogens (tertiary/aromatic N) is 3. The molecule has 0 atom stereocenters. The quantitative estimate of drug-likeness (QED) is 0.758. The molecule has 1 aromatic heterocycles. The second kappa shape index (κ2) is 8.41. The maximum absolute atomic E-state index is 9.75. The zero-order valence-electron chi connectivity index (χ0n) is 14.6. The van der Waals surface area contributed by atoms with Crippen molar-refractivity contribution >= 4 is 11.8 Å². The first-order valence-electron chi connectivity index (χ1n) is 7.88. The van der Waals surface area contributed by atoms with Crippen LogP contribution in [-0.2, 0) is 0 Å². The Kier molecular flexibility index (Phi) is 6.27. The predicted octanol–water partition coefficient (Wildman–Crippen LogP) is 4.55. The molecule has 5 nitrogen and oxygen atoms in total. The number of pyridine rings is 1. The lowest BCUT2D eigenvalue weighted by Gasteiger charge is -2.20. The Hall–Kier alpha value is -2.70. The molecule has 1 aromatic carbocycles. The van der Waals surface area contributed by atoms with Gasteiger partial charge in [0.1, 0.15) is 17.7 Å². The summed E-state index contributed by atoms with van der Waals surface area (Å²) in [7, 11) is 0. The van der Waals surface area contributed by atoms with E-state index in [0.717, 1.165) is 4.90 Å². The Balaban J connectivity index is 2.65. The van der Waals surface area contributed by atoms with Gasteiger partial charge in [-0.25, -0.2) is 0 Å². The van der Waals surface area contributed by atoms with Gasteiger partial charge in [0.15, 0.2) is 11.5 Å². The molecule has 1 heterocycles. The maximum atomic E-state index is 9.75. The third-order valence-electron chi connectivity index (χ3n) is 3.02. The van der Waals surface area contributed by atoms with Gasteiger partial charge in [-0.15, -0.1) is 0 Å². The van der Waals surface area contributed by atoms with Crippen LogP contribution >= 0.6 is 11.8 Å². The molecule has 2 rings (SSSR count). The van der Waals surface area contributed by atoms with Crippen LogP contribution in [-0.4, -0.2) is 17.2 Å². The van der Waals surface area contributed by atoms with Gasteiger partial charge in [-0.3, -0.25) is 4.98 Å². The molecule has 128 valence electrons. The number of ether oxygens (including phenoxy) is 2. The van der Waals surface area contributed by atoms with E-state index in [-0.39, 0.29) is 12.2 Å². The normalized spacial score (nSPS) is 10.4. The highest BCUT2D eigenvalue weighted by Crippen LogP contribution is 2.43. The predicted molar refractivity (Wildman–Crippen MR) is 95.8 cm³/mol. The van der Waals surface area contributed by atoms with E-state index < -0.39 is 0 Å².